The number of imide groups is 3. The highest BCUT2D eigenvalue weighted by Gasteiger charge is 2.50. The van der Waals surface area contributed by atoms with Gasteiger partial charge in [-0.15, -0.1) is 0 Å². The molecule has 3 rings (SSSR count). The molecule has 1 fully saturated rings. The molecule has 0 spiro atoms. The van der Waals surface area contributed by atoms with Crippen molar-refractivity contribution in [2.45, 2.75) is 19.3 Å². The summed E-state index contributed by atoms with van der Waals surface area (Å²) in [4.78, 5) is 38.8. The second-order valence-corrected chi connectivity index (χ2v) is 5.59. The van der Waals surface area contributed by atoms with Gasteiger partial charge in [0.1, 0.15) is 0 Å². The quantitative estimate of drug-likeness (QED) is 0.819. The number of amides is 3. The van der Waals surface area contributed by atoms with E-state index in [2.05, 4.69) is 0 Å². The first-order valence-electron chi connectivity index (χ1n) is 7.67. The summed E-state index contributed by atoms with van der Waals surface area (Å²) in [5.41, 5.74) is 1.12. The molecule has 0 aromatic heterocycles. The smallest absolute Gasteiger partial charge is 0.267 e. The number of hydrogen-bond donors (Lipinski definition) is 0. The molecular formula is C19H17NO3. The molecule has 2 aromatic carbocycles. The molecule has 0 bridgehead atoms. The molecule has 2 atom stereocenters. The number of nitrogens with zero attached hydrogens (tertiary/aromatic N) is 1. The molecule has 0 radical (unpaired) electrons. The molecule has 1 aliphatic rings. The summed E-state index contributed by atoms with van der Waals surface area (Å²) >= 11 is 0. The molecule has 0 saturated carbocycles. The normalized spacial score (nSPS) is 20.8. The van der Waals surface area contributed by atoms with Crippen LogP contribution < -0.4 is 0 Å². The molecule has 0 N–H and O–H groups in total. The monoisotopic (exact) mass is 307 g/mol. The molecule has 1 aliphatic heterocycles. The highest BCUT2D eigenvalue weighted by Crippen LogP contribution is 2.37. The van der Waals surface area contributed by atoms with Crippen molar-refractivity contribution in [3.63, 3.8) is 0 Å². The van der Waals surface area contributed by atoms with Crippen LogP contribution >= 0.6 is 0 Å². The maximum absolute atomic E-state index is 12.8. The lowest BCUT2D eigenvalue weighted by molar-refractivity contribution is -0.136. The SMILES string of the molecule is CC[C@@H]1C(=O)N(C(=O)c2ccccc2)C(=O)[C@@H]1c1ccccc1. The Kier molecular flexibility index (Phi) is 4.06. The van der Waals surface area contributed by atoms with Crippen LogP contribution in [0.5, 0.6) is 0 Å². The van der Waals surface area contributed by atoms with Crippen LogP contribution in [-0.4, -0.2) is 22.6 Å². The van der Waals surface area contributed by atoms with Crippen LogP contribution in [0, 0.1) is 5.92 Å². The molecule has 4 nitrogen and oxygen atoms in total. The Balaban J connectivity index is 1.99. The van der Waals surface area contributed by atoms with Gasteiger partial charge in [0, 0.05) is 5.56 Å². The van der Waals surface area contributed by atoms with E-state index < -0.39 is 29.6 Å². The summed E-state index contributed by atoms with van der Waals surface area (Å²) < 4.78 is 0. The maximum Gasteiger partial charge on any atom is 0.267 e. The number of likely N-dealkylation sites (tertiary alicyclic amines) is 1. The lowest BCUT2D eigenvalue weighted by Gasteiger charge is -2.13. The average Bonchev–Trinajstić information content (AvgIpc) is 2.85. The van der Waals surface area contributed by atoms with Gasteiger partial charge in [0.05, 0.1) is 11.8 Å². The van der Waals surface area contributed by atoms with E-state index in [-0.39, 0.29) is 0 Å². The zero-order valence-corrected chi connectivity index (χ0v) is 12.8. The van der Waals surface area contributed by atoms with Gasteiger partial charge >= 0.3 is 0 Å². The van der Waals surface area contributed by atoms with E-state index in [1.165, 1.54) is 0 Å². The van der Waals surface area contributed by atoms with Crippen LogP contribution in [0.1, 0.15) is 35.2 Å². The van der Waals surface area contributed by atoms with Gasteiger partial charge in [-0.1, -0.05) is 55.5 Å². The van der Waals surface area contributed by atoms with Gasteiger partial charge in [0.25, 0.3) is 5.91 Å². The van der Waals surface area contributed by atoms with E-state index in [1.807, 2.05) is 37.3 Å². The predicted octanol–water partition coefficient (Wildman–Crippen LogP) is 3.01. The first-order chi connectivity index (χ1) is 11.1. The number of carbonyl (C=O) groups is 3. The van der Waals surface area contributed by atoms with E-state index in [0.717, 1.165) is 10.5 Å². The van der Waals surface area contributed by atoms with Gasteiger partial charge in [-0.25, -0.2) is 4.90 Å². The lowest BCUT2D eigenvalue weighted by Crippen LogP contribution is -2.37. The van der Waals surface area contributed by atoms with E-state index in [1.54, 1.807) is 30.3 Å². The first-order valence-corrected chi connectivity index (χ1v) is 7.67. The summed E-state index contributed by atoms with van der Waals surface area (Å²) in [6, 6.07) is 17.6. The molecule has 1 heterocycles. The number of hydrogen-bond acceptors (Lipinski definition) is 3. The third kappa shape index (κ3) is 2.57. The summed E-state index contributed by atoms with van der Waals surface area (Å²) in [6.45, 7) is 1.86. The van der Waals surface area contributed by atoms with Crippen molar-refractivity contribution in [1.82, 2.24) is 4.90 Å². The van der Waals surface area contributed by atoms with Crippen molar-refractivity contribution in [1.29, 1.82) is 0 Å². The Morgan fingerprint density at radius 2 is 1.48 bits per heavy atom. The van der Waals surface area contributed by atoms with Gasteiger partial charge in [-0.05, 0) is 24.1 Å². The Morgan fingerprint density at radius 3 is 2.04 bits per heavy atom. The highest BCUT2D eigenvalue weighted by atomic mass is 16.2. The van der Waals surface area contributed by atoms with Gasteiger partial charge in [0.15, 0.2) is 0 Å². The van der Waals surface area contributed by atoms with Crippen LogP contribution in [0.3, 0.4) is 0 Å². The maximum atomic E-state index is 12.8. The van der Waals surface area contributed by atoms with Crippen molar-refractivity contribution in [3.8, 4) is 0 Å². The van der Waals surface area contributed by atoms with Crippen LogP contribution in [0.4, 0.5) is 0 Å². The summed E-state index contributed by atoms with van der Waals surface area (Å²) in [5.74, 6) is -2.45. The van der Waals surface area contributed by atoms with Crippen molar-refractivity contribution >= 4 is 17.7 Å². The fraction of sp³-hybridized carbons (Fsp3) is 0.211. The van der Waals surface area contributed by atoms with E-state index in [9.17, 15) is 14.4 Å². The van der Waals surface area contributed by atoms with Crippen molar-refractivity contribution in [2.75, 3.05) is 0 Å². The second kappa shape index (κ2) is 6.16. The standard InChI is InChI=1S/C19H17NO3/c1-2-15-16(13-9-5-3-6-10-13)19(23)20(18(15)22)17(21)14-11-7-4-8-12-14/h3-12,15-16H,2H2,1H3/t15-,16+/m0/s1. The third-order valence-electron chi connectivity index (χ3n) is 4.25. The molecule has 2 aromatic rings. The molecule has 3 amide bonds. The van der Waals surface area contributed by atoms with E-state index in [0.29, 0.717) is 12.0 Å². The summed E-state index contributed by atoms with van der Waals surface area (Å²) in [7, 11) is 0. The third-order valence-corrected chi connectivity index (χ3v) is 4.25. The van der Waals surface area contributed by atoms with Gasteiger partial charge < -0.3 is 0 Å². The molecule has 0 unspecified atom stereocenters. The van der Waals surface area contributed by atoms with Gasteiger partial charge in [-0.2, -0.15) is 0 Å². The topological polar surface area (TPSA) is 54.5 Å². The minimum Gasteiger partial charge on any atom is -0.274 e. The van der Waals surface area contributed by atoms with Crippen LogP contribution in [0.25, 0.3) is 0 Å². The number of rotatable bonds is 3. The van der Waals surface area contributed by atoms with Crippen LogP contribution in [0.15, 0.2) is 60.7 Å². The second-order valence-electron chi connectivity index (χ2n) is 5.59. The molecule has 4 heteroatoms. The predicted molar refractivity (Wildman–Crippen MR) is 85.6 cm³/mol. The molecule has 116 valence electrons. The van der Waals surface area contributed by atoms with Gasteiger partial charge in [0.2, 0.25) is 11.8 Å². The highest BCUT2D eigenvalue weighted by molar-refractivity contribution is 6.22. The Morgan fingerprint density at radius 1 is 0.913 bits per heavy atom. The van der Waals surface area contributed by atoms with Crippen molar-refractivity contribution in [3.05, 3.63) is 71.8 Å². The molecular weight excluding hydrogens is 290 g/mol. The molecule has 23 heavy (non-hydrogen) atoms. The fourth-order valence-corrected chi connectivity index (χ4v) is 3.08. The Bertz CT molecular complexity index is 740. The summed E-state index contributed by atoms with van der Waals surface area (Å²) in [6.07, 6.45) is 0.517. The van der Waals surface area contributed by atoms with Crippen LogP contribution in [0.2, 0.25) is 0 Å². The minimum absolute atomic E-state index is 0.345. The fourth-order valence-electron chi connectivity index (χ4n) is 3.08. The zero-order chi connectivity index (χ0) is 16.4. The van der Waals surface area contributed by atoms with Crippen molar-refractivity contribution in [2.24, 2.45) is 5.92 Å². The van der Waals surface area contributed by atoms with E-state index >= 15 is 0 Å². The van der Waals surface area contributed by atoms with Crippen molar-refractivity contribution < 1.29 is 14.4 Å². The molecule has 1 saturated heterocycles. The Labute approximate surface area is 134 Å². The van der Waals surface area contributed by atoms with Crippen LogP contribution in [-0.2, 0) is 9.59 Å². The largest absolute Gasteiger partial charge is 0.274 e. The summed E-state index contributed by atoms with van der Waals surface area (Å²) in [5, 5.41) is 0. The average molecular weight is 307 g/mol. The molecule has 0 aliphatic carbocycles. The Hall–Kier alpha value is -2.75. The zero-order valence-electron chi connectivity index (χ0n) is 12.8. The van der Waals surface area contributed by atoms with Gasteiger partial charge in [-0.3, -0.25) is 14.4 Å². The minimum atomic E-state index is -0.582. The first kappa shape index (κ1) is 15.2. The lowest BCUT2D eigenvalue weighted by atomic mass is 9.86. The number of carbonyl (C=O) groups excluding carboxylic acids is 3. The van der Waals surface area contributed by atoms with E-state index in [4.69, 9.17) is 0 Å². The number of benzene rings is 2.